The van der Waals surface area contributed by atoms with Crippen LogP contribution in [0.25, 0.3) is 6.08 Å². The summed E-state index contributed by atoms with van der Waals surface area (Å²) in [6.07, 6.45) is -2.17. The highest BCUT2D eigenvalue weighted by molar-refractivity contribution is 6.18. The van der Waals surface area contributed by atoms with E-state index in [1.807, 2.05) is 0 Å². The van der Waals surface area contributed by atoms with E-state index in [2.05, 4.69) is 4.98 Å². The number of carbonyl (C=O) groups is 2. The van der Waals surface area contributed by atoms with Crippen molar-refractivity contribution in [1.29, 1.82) is 0 Å². The van der Waals surface area contributed by atoms with Crippen molar-refractivity contribution in [3.05, 3.63) is 59.3 Å². The predicted octanol–water partition coefficient (Wildman–Crippen LogP) is 4.11. The van der Waals surface area contributed by atoms with Gasteiger partial charge in [0.1, 0.15) is 16.9 Å². The Hall–Kier alpha value is -3.36. The number of halogens is 3. The van der Waals surface area contributed by atoms with E-state index in [0.717, 1.165) is 12.1 Å². The van der Waals surface area contributed by atoms with Gasteiger partial charge in [0, 0.05) is 20.0 Å². The smallest absolute Gasteiger partial charge is 0.421 e. The third-order valence-corrected chi connectivity index (χ3v) is 3.60. The second kappa shape index (κ2) is 6.99. The highest BCUT2D eigenvalue weighted by atomic mass is 19.4. The highest BCUT2D eigenvalue weighted by Crippen LogP contribution is 2.36. The molecular weight excluding hydrogens is 379 g/mol. The zero-order chi connectivity index (χ0) is 20.5. The van der Waals surface area contributed by atoms with Gasteiger partial charge in [-0.25, -0.2) is 14.6 Å². The maximum Gasteiger partial charge on any atom is 0.421 e. The minimum absolute atomic E-state index is 0.0984. The molecule has 0 unspecified atom stereocenters. The maximum absolute atomic E-state index is 13.0. The summed E-state index contributed by atoms with van der Waals surface area (Å²) in [5.74, 6) is -3.49. The van der Waals surface area contributed by atoms with Gasteiger partial charge >= 0.3 is 18.1 Å². The summed E-state index contributed by atoms with van der Waals surface area (Å²) in [6, 6.07) is 7.70. The van der Waals surface area contributed by atoms with E-state index in [9.17, 15) is 22.8 Å². The molecule has 0 saturated carbocycles. The topological polar surface area (TPSA) is 74.7 Å². The molecule has 6 nitrogen and oxygen atoms in total. The quantitative estimate of drug-likeness (QED) is 0.444. The van der Waals surface area contributed by atoms with Crippen molar-refractivity contribution in [3.8, 4) is 11.6 Å². The van der Waals surface area contributed by atoms with E-state index < -0.39 is 35.3 Å². The van der Waals surface area contributed by atoms with Gasteiger partial charge in [0.25, 0.3) is 5.79 Å². The van der Waals surface area contributed by atoms with Crippen molar-refractivity contribution in [2.45, 2.75) is 25.8 Å². The predicted molar refractivity (Wildman–Crippen MR) is 90.0 cm³/mol. The van der Waals surface area contributed by atoms with Crippen molar-refractivity contribution in [1.82, 2.24) is 4.98 Å². The van der Waals surface area contributed by atoms with Crippen LogP contribution in [0.1, 0.15) is 25.0 Å². The average molecular weight is 393 g/mol. The van der Waals surface area contributed by atoms with Crippen LogP contribution in [-0.4, -0.2) is 22.7 Å². The lowest BCUT2D eigenvalue weighted by molar-refractivity contribution is -0.222. The molecule has 0 N–H and O–H groups in total. The number of nitrogens with zero attached hydrogens (tertiary/aromatic N) is 1. The lowest BCUT2D eigenvalue weighted by Gasteiger charge is -2.29. The molecule has 1 aromatic carbocycles. The summed E-state index contributed by atoms with van der Waals surface area (Å²) in [5.41, 5.74) is -0.874. The van der Waals surface area contributed by atoms with E-state index in [4.69, 9.17) is 14.2 Å². The van der Waals surface area contributed by atoms with Crippen LogP contribution in [0, 0.1) is 0 Å². The van der Waals surface area contributed by atoms with Crippen LogP contribution < -0.4 is 4.74 Å². The van der Waals surface area contributed by atoms with Crippen molar-refractivity contribution in [3.63, 3.8) is 0 Å². The van der Waals surface area contributed by atoms with Gasteiger partial charge in [-0.2, -0.15) is 13.2 Å². The molecule has 0 amide bonds. The van der Waals surface area contributed by atoms with Crippen LogP contribution in [0.2, 0.25) is 0 Å². The van der Waals surface area contributed by atoms with E-state index in [0.29, 0.717) is 5.56 Å². The molecule has 0 radical (unpaired) electrons. The average Bonchev–Trinajstić information content (AvgIpc) is 2.58. The van der Waals surface area contributed by atoms with Crippen molar-refractivity contribution < 1.29 is 37.0 Å². The molecule has 28 heavy (non-hydrogen) atoms. The first-order valence-electron chi connectivity index (χ1n) is 8.04. The largest absolute Gasteiger partial charge is 0.438 e. The van der Waals surface area contributed by atoms with Crippen molar-refractivity contribution in [2.24, 2.45) is 0 Å². The summed E-state index contributed by atoms with van der Waals surface area (Å²) < 4.78 is 54.2. The van der Waals surface area contributed by atoms with Crippen molar-refractivity contribution in [2.75, 3.05) is 0 Å². The van der Waals surface area contributed by atoms with Gasteiger partial charge in [0.15, 0.2) is 0 Å². The minimum Gasteiger partial charge on any atom is -0.438 e. The summed E-state index contributed by atoms with van der Waals surface area (Å²) >= 11 is 0. The number of rotatable bonds is 3. The fraction of sp³-hybridized carbons (Fsp3) is 0.211. The van der Waals surface area contributed by atoms with E-state index in [-0.39, 0.29) is 11.3 Å². The number of esters is 2. The van der Waals surface area contributed by atoms with E-state index >= 15 is 0 Å². The number of ether oxygens (including phenoxy) is 3. The summed E-state index contributed by atoms with van der Waals surface area (Å²) in [4.78, 5) is 27.5. The standard InChI is InChI=1S/C19H14F3NO5/c1-18(2)27-16(24)13(17(25)28-18)10-11-5-7-12(8-6-11)26-15-14(19(20,21)22)4-3-9-23-15/h3-10H,1-2H3. The lowest BCUT2D eigenvalue weighted by Crippen LogP contribution is -2.41. The first kappa shape index (κ1) is 19.4. The Bertz CT molecular complexity index is 927. The molecule has 0 aliphatic carbocycles. The van der Waals surface area contributed by atoms with Crippen LogP contribution in [0.3, 0.4) is 0 Å². The molecule has 1 saturated heterocycles. The molecular formula is C19H14F3NO5. The first-order valence-corrected chi connectivity index (χ1v) is 8.04. The Morgan fingerprint density at radius 3 is 2.21 bits per heavy atom. The van der Waals surface area contributed by atoms with Gasteiger partial charge in [-0.05, 0) is 35.9 Å². The van der Waals surface area contributed by atoms with Gasteiger partial charge in [0.2, 0.25) is 5.88 Å². The number of carbonyl (C=O) groups excluding carboxylic acids is 2. The molecule has 1 aliphatic heterocycles. The van der Waals surface area contributed by atoms with Crippen LogP contribution in [0.5, 0.6) is 11.6 Å². The molecule has 3 rings (SSSR count). The molecule has 146 valence electrons. The Morgan fingerprint density at radius 2 is 1.64 bits per heavy atom. The lowest BCUT2D eigenvalue weighted by atomic mass is 10.1. The first-order chi connectivity index (χ1) is 13.0. The summed E-state index contributed by atoms with van der Waals surface area (Å²) in [7, 11) is 0. The third-order valence-electron chi connectivity index (χ3n) is 3.60. The summed E-state index contributed by atoms with van der Waals surface area (Å²) in [6.45, 7) is 2.86. The SMILES string of the molecule is CC1(C)OC(=O)C(=Cc2ccc(Oc3ncccc3C(F)(F)F)cc2)C(=O)O1. The normalized spacial score (nSPS) is 16.2. The Labute approximate surface area is 157 Å². The van der Waals surface area contributed by atoms with Crippen LogP contribution in [0.4, 0.5) is 13.2 Å². The van der Waals surface area contributed by atoms with Gasteiger partial charge in [-0.15, -0.1) is 0 Å². The van der Waals surface area contributed by atoms with E-state index in [1.54, 1.807) is 0 Å². The number of hydrogen-bond acceptors (Lipinski definition) is 6. The third kappa shape index (κ3) is 4.30. The van der Waals surface area contributed by atoms with Crippen LogP contribution >= 0.6 is 0 Å². The molecule has 1 fully saturated rings. The monoisotopic (exact) mass is 393 g/mol. The number of cyclic esters (lactones) is 2. The zero-order valence-electron chi connectivity index (χ0n) is 14.7. The molecule has 1 aliphatic rings. The van der Waals surface area contributed by atoms with Gasteiger partial charge in [0.05, 0.1) is 0 Å². The Morgan fingerprint density at radius 1 is 1.04 bits per heavy atom. The Kier molecular flexibility index (Phi) is 4.84. The van der Waals surface area contributed by atoms with Crippen LogP contribution in [0.15, 0.2) is 48.2 Å². The maximum atomic E-state index is 13.0. The molecule has 0 atom stereocenters. The zero-order valence-corrected chi connectivity index (χ0v) is 14.7. The number of hydrogen-bond donors (Lipinski definition) is 0. The molecule has 0 spiro atoms. The number of alkyl halides is 3. The summed E-state index contributed by atoms with van der Waals surface area (Å²) in [5, 5.41) is 0. The number of aromatic nitrogens is 1. The van der Waals surface area contributed by atoms with Gasteiger partial charge in [-0.3, -0.25) is 0 Å². The molecule has 9 heteroatoms. The molecule has 1 aromatic heterocycles. The highest BCUT2D eigenvalue weighted by Gasteiger charge is 2.39. The van der Waals surface area contributed by atoms with Gasteiger partial charge < -0.3 is 14.2 Å². The second-order valence-electron chi connectivity index (χ2n) is 6.26. The molecule has 2 aromatic rings. The number of benzene rings is 1. The molecule has 0 bridgehead atoms. The van der Waals surface area contributed by atoms with Crippen molar-refractivity contribution >= 4 is 18.0 Å². The van der Waals surface area contributed by atoms with Gasteiger partial charge in [-0.1, -0.05) is 12.1 Å². The van der Waals surface area contributed by atoms with E-state index in [1.165, 1.54) is 50.4 Å². The Balaban J connectivity index is 1.80. The fourth-order valence-electron chi connectivity index (χ4n) is 2.38. The molecule has 2 heterocycles. The minimum atomic E-state index is -4.61. The fourth-order valence-corrected chi connectivity index (χ4v) is 2.38. The number of pyridine rings is 1. The van der Waals surface area contributed by atoms with Crippen LogP contribution in [-0.2, 0) is 25.2 Å². The second-order valence-corrected chi connectivity index (χ2v) is 6.26.